The topological polar surface area (TPSA) is 713 Å². The van der Waals surface area contributed by atoms with E-state index in [2.05, 4.69) is 99.4 Å². The van der Waals surface area contributed by atoms with Crippen molar-refractivity contribution in [3.63, 3.8) is 0 Å². The number of benzene rings is 2. The molecule has 45 heteroatoms. The first-order valence-electron chi connectivity index (χ1n) is 40.4. The molecule has 0 radical (unpaired) electrons. The highest BCUT2D eigenvalue weighted by atomic mass is 16.4. The number of amides is 15. The van der Waals surface area contributed by atoms with Crippen molar-refractivity contribution in [2.75, 3.05) is 45.8 Å². The first kappa shape index (κ1) is 96.4. The summed E-state index contributed by atoms with van der Waals surface area (Å²) in [4.78, 5) is 243. The number of aromatic hydroxyl groups is 1. The van der Waals surface area contributed by atoms with Crippen molar-refractivity contribution < 1.29 is 86.9 Å². The molecule has 0 spiro atoms. The van der Waals surface area contributed by atoms with Crippen LogP contribution in [0.5, 0.6) is 5.75 Å². The van der Waals surface area contributed by atoms with Gasteiger partial charge in [0, 0.05) is 81.4 Å². The highest BCUT2D eigenvalue weighted by molar-refractivity contribution is 6.01. The molecule has 2 aliphatic heterocycles. The number of carbonyl (C=O) groups excluding carboxylic acids is 15. The summed E-state index contributed by atoms with van der Waals surface area (Å²) < 4.78 is 0. The van der Waals surface area contributed by atoms with Crippen LogP contribution in [-0.4, -0.2) is 270 Å². The number of nitrogens with zero attached hydrogens (tertiary/aromatic N) is 4. The van der Waals surface area contributed by atoms with E-state index in [4.69, 9.17) is 38.9 Å². The Bertz CT molecular complexity index is 4540. The van der Waals surface area contributed by atoms with Gasteiger partial charge in [-0.3, -0.25) is 87.5 Å². The molecule has 15 amide bonds. The Morgan fingerprint density at radius 2 is 1.02 bits per heavy atom. The van der Waals surface area contributed by atoms with E-state index in [0.29, 0.717) is 34.9 Å². The summed E-state index contributed by atoms with van der Waals surface area (Å²) >= 11 is 0. The number of guanidine groups is 2. The van der Waals surface area contributed by atoms with Gasteiger partial charge in [-0.05, 0) is 99.5 Å². The van der Waals surface area contributed by atoms with Gasteiger partial charge in [0.05, 0.1) is 43.6 Å². The van der Waals surface area contributed by atoms with Crippen LogP contribution in [0, 0.1) is 22.7 Å². The molecule has 5 heterocycles. The number of phenolic OH excluding ortho intramolecular Hbond substituents is 1. The van der Waals surface area contributed by atoms with E-state index in [0.717, 1.165) is 0 Å². The van der Waals surface area contributed by atoms with Crippen molar-refractivity contribution in [1.29, 1.82) is 10.8 Å². The van der Waals surface area contributed by atoms with E-state index in [-0.39, 0.29) is 120 Å². The van der Waals surface area contributed by atoms with Gasteiger partial charge in [-0.1, -0.05) is 64.4 Å². The lowest BCUT2D eigenvalue weighted by Gasteiger charge is -2.32. The maximum Gasteiger partial charge on any atom is 0.322 e. The number of para-hydroxylation sites is 1. The Hall–Kier alpha value is -13.8. The molecule has 5 aromatic rings. The molecule has 0 aliphatic carbocycles. The maximum atomic E-state index is 14.7. The molecule has 123 heavy (non-hydrogen) atoms. The number of nitrogens with one attached hydrogen (secondary N) is 19. The van der Waals surface area contributed by atoms with E-state index in [1.54, 1.807) is 58.2 Å². The highest BCUT2D eigenvalue weighted by Gasteiger charge is 2.43. The first-order valence-corrected chi connectivity index (χ1v) is 40.4. The lowest BCUT2D eigenvalue weighted by Crippen LogP contribution is -2.62. The number of likely N-dealkylation sites (tertiary alicyclic amines) is 2. The summed E-state index contributed by atoms with van der Waals surface area (Å²) in [7, 11) is 0. The second kappa shape index (κ2) is 47.3. The smallest absolute Gasteiger partial charge is 0.322 e. The van der Waals surface area contributed by atoms with Crippen LogP contribution in [0.3, 0.4) is 0 Å². The van der Waals surface area contributed by atoms with Crippen LogP contribution in [-0.2, 0) is 102 Å². The van der Waals surface area contributed by atoms with Gasteiger partial charge in [-0.2, -0.15) is 0 Å². The molecule has 7 rings (SSSR count). The molecule has 45 nitrogen and oxygen atoms in total. The minimum Gasteiger partial charge on any atom is -0.508 e. The summed E-state index contributed by atoms with van der Waals surface area (Å²) in [5.41, 5.74) is 24.6. The van der Waals surface area contributed by atoms with Gasteiger partial charge in [-0.15, -0.1) is 0 Å². The van der Waals surface area contributed by atoms with Crippen LogP contribution in [0.25, 0.3) is 10.9 Å². The van der Waals surface area contributed by atoms with Crippen LogP contribution >= 0.6 is 0 Å². The van der Waals surface area contributed by atoms with Gasteiger partial charge < -0.3 is 132 Å². The number of hydrogen-bond donors (Lipinski definition) is 25. The third-order valence-electron chi connectivity index (χ3n) is 20.7. The Morgan fingerprint density at radius 1 is 0.520 bits per heavy atom. The number of carboxylic acids is 1. The van der Waals surface area contributed by atoms with Crippen molar-refractivity contribution in [3.05, 3.63) is 102 Å². The molecular weight excluding hydrogens is 1600 g/mol. The minimum atomic E-state index is -1.87. The third-order valence-corrected chi connectivity index (χ3v) is 20.7. The number of primary amides is 1. The van der Waals surface area contributed by atoms with Crippen LogP contribution in [0.1, 0.15) is 121 Å². The van der Waals surface area contributed by atoms with Gasteiger partial charge in [0.25, 0.3) is 0 Å². The maximum absolute atomic E-state index is 14.7. The summed E-state index contributed by atoms with van der Waals surface area (Å²) in [6, 6.07) is -4.11. The predicted octanol–water partition coefficient (Wildman–Crippen LogP) is -6.18. The Balaban J connectivity index is 1.04. The van der Waals surface area contributed by atoms with Crippen molar-refractivity contribution in [1.82, 2.24) is 109 Å². The Labute approximate surface area is 707 Å². The number of nitrogens with two attached hydrogens (primary N) is 4. The Morgan fingerprint density at radius 3 is 1.59 bits per heavy atom. The second-order valence-electron chi connectivity index (χ2n) is 30.4. The third kappa shape index (κ3) is 29.9. The normalized spacial score (nSPS) is 16.3. The standard InChI is InChI=1S/C78H113N27O18/c1-6-41(4)64(74(121)97-50(15-9-23-87-77(81)82)65(112)90-36-61(109)96-54(29-45-34-85-38-92-45)68(115)99-53(28-44-33-89-49-14-8-7-13-48(44)49)66(113)94-42(5)75(122)104-25-11-17-57(104)71(118)91-37-62(110)111)103-70(117)56(31-59(80)107)100-69(116)55(30-46-35-86-39-93-46)101-73(120)63(40(2)3)102-72(119)58-18-12-26-105(58)76(123)51(16-10-24-88-78(83)84)98-67(114)52(95-60(108)32-79)27-43-19-21-47(106)22-20-43/h7-8,13-14,19-22,33-35,38-42,50-58,63-64,89,106H,6,9-12,15-18,23-32,36-37,79H2,1-5H3,(H2,80,107)(H,85,92)(H,86,93)(H,90,112)(H,91,118)(H,94,113)(H,95,108)(H,96,109)(H,97,121)(H,98,114)(H,99,115)(H,100,116)(H,101,120)(H,102,119)(H,103,117)(H,110,111)(H4,81,82,87)(H4,83,84,88)/t41-,42-,50-,51-,52-,53-,54-,55-,56-,57-,58-,63-,64-/m0/s1. The summed E-state index contributed by atoms with van der Waals surface area (Å²) in [5, 5.41) is 71.2. The fourth-order valence-corrected chi connectivity index (χ4v) is 14.0. The van der Waals surface area contributed by atoms with E-state index in [1.807, 2.05) is 0 Å². The van der Waals surface area contributed by atoms with Gasteiger partial charge >= 0.3 is 5.97 Å². The average molecular weight is 1720 g/mol. The predicted molar refractivity (Wildman–Crippen MR) is 442 cm³/mol. The number of aromatic nitrogens is 5. The molecule has 2 aromatic carbocycles. The molecule has 3 aromatic heterocycles. The van der Waals surface area contributed by atoms with E-state index in [9.17, 15) is 81.8 Å². The van der Waals surface area contributed by atoms with Crippen molar-refractivity contribution >= 4 is 117 Å². The zero-order valence-electron chi connectivity index (χ0n) is 69.0. The fourth-order valence-electron chi connectivity index (χ4n) is 14.0. The van der Waals surface area contributed by atoms with Crippen LogP contribution in [0.2, 0.25) is 0 Å². The number of carbonyl (C=O) groups is 16. The number of aromatic amines is 3. The molecule has 2 aliphatic rings. The largest absolute Gasteiger partial charge is 0.508 e. The molecule has 2 fully saturated rings. The van der Waals surface area contributed by atoms with Gasteiger partial charge in [0.2, 0.25) is 88.6 Å². The zero-order chi connectivity index (χ0) is 90.1. The molecule has 668 valence electrons. The van der Waals surface area contributed by atoms with Crippen LogP contribution in [0.4, 0.5) is 0 Å². The monoisotopic (exact) mass is 1720 g/mol. The number of rotatable bonds is 48. The van der Waals surface area contributed by atoms with E-state index in [1.165, 1.54) is 66.0 Å². The van der Waals surface area contributed by atoms with Gasteiger partial charge in [0.15, 0.2) is 11.9 Å². The molecule has 2 saturated heterocycles. The van der Waals surface area contributed by atoms with Crippen molar-refractivity contribution in [2.45, 2.75) is 197 Å². The average Bonchev–Trinajstić information content (AvgIpc) is 1.71. The summed E-state index contributed by atoms with van der Waals surface area (Å²) in [5.74, 6) is -16.9. The number of fused-ring (bicyclic) bond motifs is 1. The quantitative estimate of drug-likeness (QED) is 0.00979. The Kier molecular flexibility index (Phi) is 37.0. The fraction of sp³-hybridized carbons (Fsp3) is 0.513. The molecule has 13 atom stereocenters. The van der Waals surface area contributed by atoms with Gasteiger partial charge in [0.1, 0.15) is 84.8 Å². The van der Waals surface area contributed by atoms with Crippen LogP contribution < -0.4 is 97.4 Å². The molecular formula is C78H113N27O18. The first-order chi connectivity index (χ1) is 58.5. The second-order valence-corrected chi connectivity index (χ2v) is 30.4. The minimum absolute atomic E-state index is 0.000261. The number of carboxylic acid groups (broad SMARTS) is 1. The van der Waals surface area contributed by atoms with E-state index >= 15 is 0 Å². The number of phenols is 1. The number of hydrogen-bond acceptors (Lipinski definition) is 22. The summed E-state index contributed by atoms with van der Waals surface area (Å²) in [6.07, 6.45) is 6.50. The molecule has 0 saturated carbocycles. The SMILES string of the molecule is CC[C@H](C)[C@H](NC(=O)[C@H](CC(N)=O)NC(=O)[C@H](Cc1c[nH]cn1)NC(=O)[C@@H](NC(=O)[C@@H]1CCCN1C(=O)[C@H](CCCNC(=N)N)NC(=O)[C@H](Cc1ccc(O)cc1)NC(=O)CN)C(C)C)C(=O)N[C@@H](CCCNC(=N)N)C(=O)NCC(=O)N[C@@H](Cc1c[nH]cn1)C(=O)N[C@@H](Cc1c[nH]c2ccccc12)C(=O)N[C@@H](C)C(=O)N1CCC[C@H]1C(=O)NCC(=O)O. The highest BCUT2D eigenvalue weighted by Crippen LogP contribution is 2.24. The molecule has 29 N–H and O–H groups in total. The number of H-pyrrole nitrogens is 3. The van der Waals surface area contributed by atoms with E-state index < -0.39 is 211 Å². The van der Waals surface area contributed by atoms with Gasteiger partial charge in [-0.25, -0.2) is 9.97 Å². The zero-order valence-corrected chi connectivity index (χ0v) is 69.0. The lowest BCUT2D eigenvalue weighted by atomic mass is 9.96. The summed E-state index contributed by atoms with van der Waals surface area (Å²) in [6.45, 7) is 6.06. The molecule has 0 bridgehead atoms. The number of imidazole rings is 2. The van der Waals surface area contributed by atoms with Crippen molar-refractivity contribution in [2.24, 2.45) is 34.8 Å². The number of aliphatic carboxylic acids is 1. The van der Waals surface area contributed by atoms with Crippen molar-refractivity contribution in [3.8, 4) is 5.75 Å². The molecule has 0 unspecified atom stereocenters. The lowest BCUT2D eigenvalue weighted by molar-refractivity contribution is -0.143. The van der Waals surface area contributed by atoms with Crippen LogP contribution in [0.15, 0.2) is 79.8 Å².